The van der Waals surface area contributed by atoms with E-state index in [4.69, 9.17) is 0 Å². The average molecular weight is 242 g/mol. The van der Waals surface area contributed by atoms with Gasteiger partial charge in [0.15, 0.2) is 0 Å². The van der Waals surface area contributed by atoms with Crippen LogP contribution in [0.25, 0.3) is 0 Å². The van der Waals surface area contributed by atoms with Crippen molar-refractivity contribution in [3.05, 3.63) is 23.9 Å². The van der Waals surface area contributed by atoms with Crippen molar-refractivity contribution in [2.24, 2.45) is 17.3 Å². The summed E-state index contributed by atoms with van der Waals surface area (Å²) in [6.07, 6.45) is 7.46. The van der Waals surface area contributed by atoms with E-state index in [-0.39, 0.29) is 0 Å². The van der Waals surface area contributed by atoms with Crippen molar-refractivity contribution in [2.75, 3.05) is 11.4 Å². The van der Waals surface area contributed by atoms with E-state index in [1.807, 2.05) is 6.20 Å². The van der Waals surface area contributed by atoms with Crippen LogP contribution in [0, 0.1) is 17.3 Å². The van der Waals surface area contributed by atoms with Crippen LogP contribution in [0.15, 0.2) is 18.3 Å². The molecular formula is C16H22N2. The van der Waals surface area contributed by atoms with E-state index in [1.54, 1.807) is 0 Å². The van der Waals surface area contributed by atoms with Gasteiger partial charge in [0.05, 0.1) is 0 Å². The Bertz CT molecular complexity index is 482. The summed E-state index contributed by atoms with van der Waals surface area (Å²) in [4.78, 5) is 7.17. The van der Waals surface area contributed by atoms with Crippen LogP contribution in [0.1, 0.15) is 38.7 Å². The summed E-state index contributed by atoms with van der Waals surface area (Å²) in [5.41, 5.74) is 2.18. The van der Waals surface area contributed by atoms with E-state index >= 15 is 0 Å². The van der Waals surface area contributed by atoms with Gasteiger partial charge in [-0.05, 0) is 54.6 Å². The predicted octanol–water partition coefficient (Wildman–Crippen LogP) is 3.27. The number of piperidine rings is 1. The number of pyridine rings is 1. The van der Waals surface area contributed by atoms with Crippen molar-refractivity contribution in [3.8, 4) is 0 Å². The molecule has 1 aromatic rings. The normalized spacial score (nSPS) is 36.9. The molecule has 2 heteroatoms. The monoisotopic (exact) mass is 242 g/mol. The summed E-state index contributed by atoms with van der Waals surface area (Å²) in [7, 11) is 0. The molecule has 0 radical (unpaired) electrons. The zero-order chi connectivity index (χ0) is 12.3. The van der Waals surface area contributed by atoms with Gasteiger partial charge in [-0.3, -0.25) is 0 Å². The van der Waals surface area contributed by atoms with Gasteiger partial charge in [0, 0.05) is 18.8 Å². The van der Waals surface area contributed by atoms with Gasteiger partial charge in [-0.25, -0.2) is 4.98 Å². The van der Waals surface area contributed by atoms with Gasteiger partial charge in [-0.15, -0.1) is 0 Å². The predicted molar refractivity (Wildman–Crippen MR) is 73.7 cm³/mol. The molecule has 1 spiro atoms. The Morgan fingerprint density at radius 1 is 1.39 bits per heavy atom. The SMILES string of the molecule is CC(C)C1CC12CCN1c3ncccc3C[C@@H]1C2. The number of rotatable bonds is 1. The fourth-order valence-corrected chi connectivity index (χ4v) is 4.61. The molecule has 3 aliphatic rings. The second kappa shape index (κ2) is 3.49. The second-order valence-electron chi connectivity index (χ2n) is 6.91. The van der Waals surface area contributed by atoms with Crippen molar-refractivity contribution in [3.63, 3.8) is 0 Å². The van der Waals surface area contributed by atoms with Crippen LogP contribution in [0.5, 0.6) is 0 Å². The summed E-state index contributed by atoms with van der Waals surface area (Å²) >= 11 is 0. The highest BCUT2D eigenvalue weighted by molar-refractivity contribution is 5.54. The van der Waals surface area contributed by atoms with Gasteiger partial charge < -0.3 is 4.90 Å². The number of aromatic nitrogens is 1. The average Bonchev–Trinajstić information content (AvgIpc) is 2.93. The quantitative estimate of drug-likeness (QED) is 0.751. The number of nitrogens with zero attached hydrogens (tertiary/aromatic N) is 2. The first-order valence-electron chi connectivity index (χ1n) is 7.40. The smallest absolute Gasteiger partial charge is 0.132 e. The largest absolute Gasteiger partial charge is 0.353 e. The lowest BCUT2D eigenvalue weighted by Gasteiger charge is -2.37. The van der Waals surface area contributed by atoms with Crippen molar-refractivity contribution in [1.29, 1.82) is 0 Å². The molecule has 0 N–H and O–H groups in total. The Morgan fingerprint density at radius 2 is 2.28 bits per heavy atom. The molecule has 1 aromatic heterocycles. The maximum Gasteiger partial charge on any atom is 0.132 e. The first-order valence-corrected chi connectivity index (χ1v) is 7.40. The van der Waals surface area contributed by atoms with Crippen LogP contribution < -0.4 is 4.90 Å². The van der Waals surface area contributed by atoms with Crippen LogP contribution in [0.3, 0.4) is 0 Å². The Hall–Kier alpha value is -1.05. The van der Waals surface area contributed by atoms with Crippen molar-refractivity contribution >= 4 is 5.82 Å². The molecular weight excluding hydrogens is 220 g/mol. The molecule has 96 valence electrons. The first kappa shape index (κ1) is 10.8. The maximum absolute atomic E-state index is 4.59. The summed E-state index contributed by atoms with van der Waals surface area (Å²) in [5, 5.41) is 0. The van der Waals surface area contributed by atoms with Gasteiger partial charge in [-0.2, -0.15) is 0 Å². The topological polar surface area (TPSA) is 16.1 Å². The molecule has 2 fully saturated rings. The molecule has 1 saturated heterocycles. The number of fused-ring (bicyclic) bond motifs is 3. The maximum atomic E-state index is 4.59. The minimum absolute atomic E-state index is 0.706. The van der Waals surface area contributed by atoms with Crippen molar-refractivity contribution in [1.82, 2.24) is 4.98 Å². The lowest BCUT2D eigenvalue weighted by molar-refractivity contribution is 0.278. The lowest BCUT2D eigenvalue weighted by Crippen LogP contribution is -2.42. The third-order valence-electron chi connectivity index (χ3n) is 5.59. The molecule has 3 atom stereocenters. The van der Waals surface area contributed by atoms with Gasteiger partial charge in [0.2, 0.25) is 0 Å². The Labute approximate surface area is 109 Å². The van der Waals surface area contributed by atoms with Crippen LogP contribution in [-0.4, -0.2) is 17.6 Å². The Morgan fingerprint density at radius 3 is 3.06 bits per heavy atom. The summed E-state index contributed by atoms with van der Waals surface area (Å²) < 4.78 is 0. The Kier molecular flexibility index (Phi) is 2.10. The zero-order valence-corrected chi connectivity index (χ0v) is 11.4. The molecule has 18 heavy (non-hydrogen) atoms. The van der Waals surface area contributed by atoms with Crippen LogP contribution in [0.4, 0.5) is 5.82 Å². The molecule has 0 aromatic carbocycles. The highest BCUT2D eigenvalue weighted by atomic mass is 15.2. The highest BCUT2D eigenvalue weighted by Gasteiger charge is 2.58. The third kappa shape index (κ3) is 1.38. The van der Waals surface area contributed by atoms with E-state index in [1.165, 1.54) is 43.6 Å². The third-order valence-corrected chi connectivity index (χ3v) is 5.59. The molecule has 0 bridgehead atoms. The molecule has 3 heterocycles. The van der Waals surface area contributed by atoms with E-state index in [0.29, 0.717) is 5.41 Å². The second-order valence-corrected chi connectivity index (χ2v) is 6.91. The van der Waals surface area contributed by atoms with Gasteiger partial charge >= 0.3 is 0 Å². The standard InChI is InChI=1S/C16H22N2/c1-11(2)14-10-16(14)5-7-18-13(9-16)8-12-4-3-6-17-15(12)18/h3-4,6,11,13-14H,5,7-10H2,1-2H3/t13-,14?,16?/m1/s1. The van der Waals surface area contributed by atoms with Gasteiger partial charge in [0.1, 0.15) is 5.82 Å². The molecule has 2 aliphatic heterocycles. The van der Waals surface area contributed by atoms with Crippen LogP contribution in [0.2, 0.25) is 0 Å². The van der Waals surface area contributed by atoms with E-state index in [0.717, 1.165) is 17.9 Å². The molecule has 1 saturated carbocycles. The summed E-state index contributed by atoms with van der Waals surface area (Å²) in [6.45, 7) is 6.03. The molecule has 2 unspecified atom stereocenters. The van der Waals surface area contributed by atoms with Crippen LogP contribution >= 0.6 is 0 Å². The Balaban J connectivity index is 1.57. The molecule has 0 amide bonds. The van der Waals surface area contributed by atoms with Crippen molar-refractivity contribution < 1.29 is 0 Å². The van der Waals surface area contributed by atoms with E-state index in [9.17, 15) is 0 Å². The minimum Gasteiger partial charge on any atom is -0.353 e. The van der Waals surface area contributed by atoms with E-state index in [2.05, 4.69) is 35.9 Å². The first-order chi connectivity index (χ1) is 8.70. The fourth-order valence-electron chi connectivity index (χ4n) is 4.61. The molecule has 4 rings (SSSR count). The summed E-state index contributed by atoms with van der Waals surface area (Å²) in [5.74, 6) is 3.15. The number of hydrogen-bond donors (Lipinski definition) is 0. The van der Waals surface area contributed by atoms with Gasteiger partial charge in [-0.1, -0.05) is 19.9 Å². The van der Waals surface area contributed by atoms with Gasteiger partial charge in [0.25, 0.3) is 0 Å². The van der Waals surface area contributed by atoms with E-state index < -0.39 is 0 Å². The fraction of sp³-hybridized carbons (Fsp3) is 0.688. The lowest BCUT2D eigenvalue weighted by atomic mass is 9.83. The molecule has 2 nitrogen and oxygen atoms in total. The minimum atomic E-state index is 0.706. The molecule has 1 aliphatic carbocycles. The highest BCUT2D eigenvalue weighted by Crippen LogP contribution is 2.64. The van der Waals surface area contributed by atoms with Crippen LogP contribution in [-0.2, 0) is 6.42 Å². The zero-order valence-electron chi connectivity index (χ0n) is 11.4. The van der Waals surface area contributed by atoms with Crippen molar-refractivity contribution in [2.45, 2.75) is 45.6 Å². The number of hydrogen-bond acceptors (Lipinski definition) is 2. The summed E-state index contributed by atoms with van der Waals surface area (Å²) in [6, 6.07) is 5.09. The number of anilines is 1.